The standard InChI is InChI=1S/C13H14F3N3O2/c1-12(2,3)21-11(20)19-9-5-4-8(13(14,15)16)10(18)7(9)6-17/h4-5H,18H2,1-3H3,(H,19,20). The third-order valence-electron chi connectivity index (χ3n) is 2.30. The van der Waals surface area contributed by atoms with E-state index in [0.717, 1.165) is 6.07 Å². The van der Waals surface area contributed by atoms with Crippen LogP contribution in [0.15, 0.2) is 12.1 Å². The van der Waals surface area contributed by atoms with Crippen LogP contribution in [0.1, 0.15) is 31.9 Å². The molecule has 0 fully saturated rings. The van der Waals surface area contributed by atoms with Gasteiger partial charge in [0.15, 0.2) is 0 Å². The number of nitriles is 1. The summed E-state index contributed by atoms with van der Waals surface area (Å²) in [7, 11) is 0. The van der Waals surface area contributed by atoms with Gasteiger partial charge >= 0.3 is 12.3 Å². The number of nitrogens with one attached hydrogen (secondary N) is 1. The van der Waals surface area contributed by atoms with Crippen molar-refractivity contribution < 1.29 is 22.7 Å². The number of hydrogen-bond donors (Lipinski definition) is 2. The Labute approximate surface area is 119 Å². The molecule has 1 aromatic carbocycles. The second-order valence-corrected chi connectivity index (χ2v) is 5.19. The Morgan fingerprint density at radius 3 is 2.33 bits per heavy atom. The molecule has 0 aliphatic rings. The maximum Gasteiger partial charge on any atom is 0.418 e. The second kappa shape index (κ2) is 5.52. The van der Waals surface area contributed by atoms with E-state index in [1.54, 1.807) is 26.8 Å². The molecule has 0 aliphatic heterocycles. The first-order valence-electron chi connectivity index (χ1n) is 5.85. The average molecular weight is 301 g/mol. The van der Waals surface area contributed by atoms with Crippen LogP contribution in [0.25, 0.3) is 0 Å². The highest BCUT2D eigenvalue weighted by Crippen LogP contribution is 2.37. The molecule has 1 amide bonds. The summed E-state index contributed by atoms with van der Waals surface area (Å²) >= 11 is 0. The lowest BCUT2D eigenvalue weighted by Gasteiger charge is -2.20. The topological polar surface area (TPSA) is 88.1 Å². The largest absolute Gasteiger partial charge is 0.444 e. The minimum absolute atomic E-state index is 0.141. The number of anilines is 2. The van der Waals surface area contributed by atoms with Crippen molar-refractivity contribution in [3.05, 3.63) is 23.3 Å². The molecule has 0 atom stereocenters. The van der Waals surface area contributed by atoms with Gasteiger partial charge in [-0.1, -0.05) is 0 Å². The number of alkyl halides is 3. The summed E-state index contributed by atoms with van der Waals surface area (Å²) in [5.74, 6) is 0. The van der Waals surface area contributed by atoms with Crippen molar-refractivity contribution in [2.75, 3.05) is 11.1 Å². The molecule has 0 heterocycles. The lowest BCUT2D eigenvalue weighted by Crippen LogP contribution is -2.27. The van der Waals surface area contributed by atoms with Crippen LogP contribution in [0, 0.1) is 11.3 Å². The van der Waals surface area contributed by atoms with E-state index in [0.29, 0.717) is 6.07 Å². The van der Waals surface area contributed by atoms with Gasteiger partial charge in [-0.05, 0) is 32.9 Å². The number of carbonyl (C=O) groups is 1. The van der Waals surface area contributed by atoms with Crippen molar-refractivity contribution in [1.29, 1.82) is 5.26 Å². The molecule has 0 unspecified atom stereocenters. The molecule has 21 heavy (non-hydrogen) atoms. The fourth-order valence-corrected chi connectivity index (χ4v) is 1.50. The molecule has 3 N–H and O–H groups in total. The van der Waals surface area contributed by atoms with Crippen LogP contribution in [0.4, 0.5) is 29.3 Å². The number of nitrogens with zero attached hydrogens (tertiary/aromatic N) is 1. The summed E-state index contributed by atoms with van der Waals surface area (Å²) in [5, 5.41) is 11.2. The van der Waals surface area contributed by atoms with E-state index in [9.17, 15) is 18.0 Å². The number of hydrogen-bond acceptors (Lipinski definition) is 4. The van der Waals surface area contributed by atoms with Crippen LogP contribution in [-0.4, -0.2) is 11.7 Å². The van der Waals surface area contributed by atoms with Gasteiger partial charge in [-0.15, -0.1) is 0 Å². The maximum absolute atomic E-state index is 12.7. The summed E-state index contributed by atoms with van der Waals surface area (Å²) in [6.45, 7) is 4.87. The number of ether oxygens (including phenoxy) is 1. The van der Waals surface area contributed by atoms with Gasteiger partial charge in [-0.2, -0.15) is 18.4 Å². The number of amides is 1. The molecule has 8 heteroatoms. The third kappa shape index (κ3) is 4.27. The predicted octanol–water partition coefficient (Wildman–Crippen LogP) is 3.51. The minimum atomic E-state index is -4.68. The van der Waals surface area contributed by atoms with Gasteiger partial charge in [-0.3, -0.25) is 5.32 Å². The van der Waals surface area contributed by atoms with Crippen LogP contribution in [-0.2, 0) is 10.9 Å². The van der Waals surface area contributed by atoms with Crippen molar-refractivity contribution in [2.45, 2.75) is 32.5 Å². The molecular weight excluding hydrogens is 287 g/mol. The Bertz CT molecular complexity index is 598. The Kier molecular flexibility index (Phi) is 4.37. The lowest BCUT2D eigenvalue weighted by molar-refractivity contribution is -0.136. The van der Waals surface area contributed by atoms with Gasteiger partial charge in [0.05, 0.1) is 22.5 Å². The van der Waals surface area contributed by atoms with Crippen molar-refractivity contribution in [1.82, 2.24) is 0 Å². The van der Waals surface area contributed by atoms with E-state index in [4.69, 9.17) is 15.7 Å². The van der Waals surface area contributed by atoms with Gasteiger partial charge in [-0.25, -0.2) is 4.79 Å². The van der Waals surface area contributed by atoms with Crippen LogP contribution >= 0.6 is 0 Å². The highest BCUT2D eigenvalue weighted by Gasteiger charge is 2.34. The molecule has 114 valence electrons. The second-order valence-electron chi connectivity index (χ2n) is 5.19. The lowest BCUT2D eigenvalue weighted by atomic mass is 10.1. The summed E-state index contributed by atoms with van der Waals surface area (Å²) in [6, 6.07) is 3.21. The zero-order chi connectivity index (χ0) is 16.4. The molecule has 0 aromatic heterocycles. The fourth-order valence-electron chi connectivity index (χ4n) is 1.50. The SMILES string of the molecule is CC(C)(C)OC(=O)Nc1ccc(C(F)(F)F)c(N)c1C#N. The molecule has 1 rings (SSSR count). The van der Waals surface area contributed by atoms with Gasteiger partial charge in [0.2, 0.25) is 0 Å². The number of nitrogen functional groups attached to an aromatic ring is 1. The third-order valence-corrected chi connectivity index (χ3v) is 2.30. The van der Waals surface area contributed by atoms with Crippen LogP contribution in [0.3, 0.4) is 0 Å². The average Bonchev–Trinajstić information content (AvgIpc) is 2.24. The minimum Gasteiger partial charge on any atom is -0.444 e. The Morgan fingerprint density at radius 1 is 1.33 bits per heavy atom. The molecule has 5 nitrogen and oxygen atoms in total. The van der Waals surface area contributed by atoms with Gasteiger partial charge in [0, 0.05) is 0 Å². The monoisotopic (exact) mass is 301 g/mol. The molecule has 0 saturated carbocycles. The molecular formula is C13H14F3N3O2. The van der Waals surface area contributed by atoms with Crippen LogP contribution in [0.5, 0.6) is 0 Å². The summed E-state index contributed by atoms with van der Waals surface area (Å²) in [5.41, 5.74) is 2.09. The first-order chi connectivity index (χ1) is 9.45. The number of carbonyl (C=O) groups excluding carboxylic acids is 1. The first kappa shape index (κ1) is 16.6. The van der Waals surface area contributed by atoms with Crippen molar-refractivity contribution in [3.8, 4) is 6.07 Å². The highest BCUT2D eigenvalue weighted by atomic mass is 19.4. The molecule has 0 saturated heterocycles. The zero-order valence-electron chi connectivity index (χ0n) is 11.6. The first-order valence-corrected chi connectivity index (χ1v) is 5.85. The number of rotatable bonds is 1. The number of halogens is 3. The molecule has 0 aliphatic carbocycles. The van der Waals surface area contributed by atoms with Crippen molar-refractivity contribution in [2.24, 2.45) is 0 Å². The summed E-state index contributed by atoms with van der Waals surface area (Å²) in [6.07, 6.45) is -5.57. The van der Waals surface area contributed by atoms with E-state index in [1.807, 2.05) is 0 Å². The Morgan fingerprint density at radius 2 is 1.90 bits per heavy atom. The zero-order valence-corrected chi connectivity index (χ0v) is 11.6. The number of benzene rings is 1. The van der Waals surface area contributed by atoms with Crippen molar-refractivity contribution >= 4 is 17.5 Å². The van der Waals surface area contributed by atoms with Gasteiger partial charge in [0.1, 0.15) is 11.7 Å². The molecule has 1 aromatic rings. The normalized spacial score (nSPS) is 11.7. The van der Waals surface area contributed by atoms with E-state index in [1.165, 1.54) is 0 Å². The van der Waals surface area contributed by atoms with E-state index in [-0.39, 0.29) is 5.69 Å². The van der Waals surface area contributed by atoms with Crippen LogP contribution < -0.4 is 11.1 Å². The summed E-state index contributed by atoms with van der Waals surface area (Å²) < 4.78 is 43.0. The van der Waals surface area contributed by atoms with Crippen molar-refractivity contribution in [3.63, 3.8) is 0 Å². The van der Waals surface area contributed by atoms with Crippen LogP contribution in [0.2, 0.25) is 0 Å². The maximum atomic E-state index is 12.7. The molecule has 0 radical (unpaired) electrons. The van der Waals surface area contributed by atoms with E-state index in [2.05, 4.69) is 5.32 Å². The fraction of sp³-hybridized carbons (Fsp3) is 0.385. The smallest absolute Gasteiger partial charge is 0.418 e. The van der Waals surface area contributed by atoms with Gasteiger partial charge in [0.25, 0.3) is 0 Å². The Balaban J connectivity index is 3.14. The molecule has 0 bridgehead atoms. The molecule has 0 spiro atoms. The predicted molar refractivity (Wildman–Crippen MR) is 70.4 cm³/mol. The number of nitrogens with two attached hydrogens (primary N) is 1. The summed E-state index contributed by atoms with van der Waals surface area (Å²) in [4.78, 5) is 11.6. The van der Waals surface area contributed by atoms with E-state index < -0.39 is 34.7 Å². The Hall–Kier alpha value is -2.43. The quantitative estimate of drug-likeness (QED) is 0.777. The highest BCUT2D eigenvalue weighted by molar-refractivity contribution is 5.89. The van der Waals surface area contributed by atoms with Gasteiger partial charge < -0.3 is 10.5 Å². The van der Waals surface area contributed by atoms with E-state index >= 15 is 0 Å².